The predicted octanol–water partition coefficient (Wildman–Crippen LogP) is 1.77. The highest BCUT2D eigenvalue weighted by molar-refractivity contribution is 7.89. The smallest absolute Gasteiger partial charge is 0.260 e. The molecule has 2 heterocycles. The first-order chi connectivity index (χ1) is 13.3. The molecule has 0 unspecified atom stereocenters. The highest BCUT2D eigenvalue weighted by atomic mass is 32.2. The largest absolute Gasteiger partial charge is 0.484 e. The van der Waals surface area contributed by atoms with Crippen molar-refractivity contribution < 1.29 is 22.5 Å². The average molecular weight is 407 g/mol. The van der Waals surface area contributed by atoms with Gasteiger partial charge in [0.05, 0.1) is 0 Å². The molecule has 1 amide bonds. The molecule has 1 saturated heterocycles. The summed E-state index contributed by atoms with van der Waals surface area (Å²) in [6.45, 7) is 6.27. The van der Waals surface area contributed by atoms with E-state index < -0.39 is 10.0 Å². The van der Waals surface area contributed by atoms with Crippen LogP contribution in [0.5, 0.6) is 5.75 Å². The Hall–Kier alpha value is -2.39. The Morgan fingerprint density at radius 2 is 1.93 bits per heavy atom. The van der Waals surface area contributed by atoms with Crippen LogP contribution >= 0.6 is 0 Å². The topological polar surface area (TPSA) is 93.0 Å². The van der Waals surface area contributed by atoms with E-state index in [1.54, 1.807) is 18.7 Å². The van der Waals surface area contributed by atoms with Crippen LogP contribution in [0.2, 0.25) is 0 Å². The monoisotopic (exact) mass is 407 g/mol. The third kappa shape index (κ3) is 4.20. The summed E-state index contributed by atoms with van der Waals surface area (Å²) in [5.74, 6) is 0.780. The van der Waals surface area contributed by atoms with Gasteiger partial charge < -0.3 is 14.2 Å². The number of piperazine rings is 1. The number of amides is 1. The third-order valence-corrected chi connectivity index (χ3v) is 6.97. The zero-order valence-electron chi connectivity index (χ0n) is 16.3. The fraction of sp³-hybridized carbons (Fsp3) is 0.474. The second kappa shape index (κ2) is 8.32. The molecule has 1 aromatic heterocycles. The van der Waals surface area contributed by atoms with Crippen LogP contribution < -0.4 is 4.74 Å². The predicted molar refractivity (Wildman–Crippen MR) is 103 cm³/mol. The number of nitrogens with zero attached hydrogens (tertiary/aromatic N) is 3. The number of carbonyl (C=O) groups is 1. The summed E-state index contributed by atoms with van der Waals surface area (Å²) >= 11 is 0. The Labute approximate surface area is 165 Å². The van der Waals surface area contributed by atoms with E-state index in [0.717, 1.165) is 12.0 Å². The van der Waals surface area contributed by atoms with Gasteiger partial charge in [-0.3, -0.25) is 4.79 Å². The molecule has 8 nitrogen and oxygen atoms in total. The van der Waals surface area contributed by atoms with Crippen LogP contribution in [0, 0.1) is 13.8 Å². The third-order valence-electron chi connectivity index (χ3n) is 4.83. The van der Waals surface area contributed by atoms with Gasteiger partial charge in [0.2, 0.25) is 10.0 Å². The highest BCUT2D eigenvalue weighted by Gasteiger charge is 2.34. The summed E-state index contributed by atoms with van der Waals surface area (Å²) in [4.78, 5) is 14.2. The summed E-state index contributed by atoms with van der Waals surface area (Å²) in [7, 11) is -3.68. The lowest BCUT2D eigenvalue weighted by atomic mass is 10.2. The second-order valence-electron chi connectivity index (χ2n) is 6.73. The van der Waals surface area contributed by atoms with E-state index in [9.17, 15) is 13.2 Å². The highest BCUT2D eigenvalue weighted by Crippen LogP contribution is 2.24. The molecule has 1 fully saturated rings. The Balaban J connectivity index is 1.56. The standard InChI is InChI=1S/C19H25N3O5S/c1-4-16-6-5-7-17(12-16)26-13-18(23)21-8-10-22(11-9-21)28(24,25)19-14(2)20-27-15(19)3/h5-7,12H,4,8-11,13H2,1-3H3. The zero-order valence-corrected chi connectivity index (χ0v) is 17.2. The minimum atomic E-state index is -3.68. The summed E-state index contributed by atoms with van der Waals surface area (Å²) < 4.78 is 37.6. The fourth-order valence-electron chi connectivity index (χ4n) is 3.24. The van der Waals surface area contributed by atoms with E-state index in [4.69, 9.17) is 9.26 Å². The van der Waals surface area contributed by atoms with Crippen LogP contribution in [0.1, 0.15) is 23.9 Å². The van der Waals surface area contributed by atoms with Crippen molar-refractivity contribution in [2.24, 2.45) is 0 Å². The average Bonchev–Trinajstić information content (AvgIpc) is 3.05. The fourth-order valence-corrected chi connectivity index (χ4v) is 4.95. The maximum absolute atomic E-state index is 12.8. The maximum atomic E-state index is 12.8. The molecule has 0 bridgehead atoms. The van der Waals surface area contributed by atoms with Gasteiger partial charge in [-0.1, -0.05) is 24.2 Å². The molecule has 0 spiro atoms. The lowest BCUT2D eigenvalue weighted by Gasteiger charge is -2.33. The minimum absolute atomic E-state index is 0.0657. The summed E-state index contributed by atoms with van der Waals surface area (Å²) in [5.41, 5.74) is 1.49. The maximum Gasteiger partial charge on any atom is 0.260 e. The molecule has 1 aromatic carbocycles. The van der Waals surface area contributed by atoms with Gasteiger partial charge in [-0.15, -0.1) is 0 Å². The summed E-state index contributed by atoms with van der Waals surface area (Å²) in [6.07, 6.45) is 0.896. The van der Waals surface area contributed by atoms with E-state index >= 15 is 0 Å². The van der Waals surface area contributed by atoms with Crippen LogP contribution in [0.4, 0.5) is 0 Å². The van der Waals surface area contributed by atoms with E-state index in [2.05, 4.69) is 12.1 Å². The number of hydrogen-bond donors (Lipinski definition) is 0. The lowest BCUT2D eigenvalue weighted by Crippen LogP contribution is -2.51. The Morgan fingerprint density at radius 1 is 1.21 bits per heavy atom. The molecule has 0 saturated carbocycles. The van der Waals surface area contributed by atoms with Gasteiger partial charge in [-0.25, -0.2) is 8.42 Å². The SMILES string of the molecule is CCc1cccc(OCC(=O)N2CCN(S(=O)(=O)c3c(C)noc3C)CC2)c1. The van der Waals surface area contributed by atoms with E-state index in [0.29, 0.717) is 24.5 Å². The molecule has 2 aromatic rings. The van der Waals surface area contributed by atoms with Crippen molar-refractivity contribution in [3.05, 3.63) is 41.3 Å². The van der Waals surface area contributed by atoms with Gasteiger partial charge in [0, 0.05) is 26.2 Å². The molecule has 0 N–H and O–H groups in total. The summed E-state index contributed by atoms with van der Waals surface area (Å²) in [5, 5.41) is 3.72. The number of sulfonamides is 1. The first-order valence-electron chi connectivity index (χ1n) is 9.25. The van der Waals surface area contributed by atoms with Crippen molar-refractivity contribution in [1.82, 2.24) is 14.4 Å². The van der Waals surface area contributed by atoms with Gasteiger partial charge in [-0.05, 0) is 38.0 Å². The van der Waals surface area contributed by atoms with Gasteiger partial charge in [0.25, 0.3) is 5.91 Å². The molecule has 3 rings (SSSR count). The zero-order chi connectivity index (χ0) is 20.3. The van der Waals surface area contributed by atoms with Gasteiger partial charge in [0.15, 0.2) is 12.4 Å². The molecule has 9 heteroatoms. The summed E-state index contributed by atoms with van der Waals surface area (Å²) in [6, 6.07) is 7.65. The van der Waals surface area contributed by atoms with Crippen molar-refractivity contribution in [3.63, 3.8) is 0 Å². The van der Waals surface area contributed by atoms with Crippen LogP contribution in [-0.2, 0) is 21.2 Å². The molecular formula is C19H25N3O5S. The van der Waals surface area contributed by atoms with E-state index in [-0.39, 0.29) is 36.3 Å². The second-order valence-corrected chi connectivity index (χ2v) is 8.60. The van der Waals surface area contributed by atoms with Gasteiger partial charge in [-0.2, -0.15) is 4.31 Å². The molecule has 0 atom stereocenters. The normalized spacial score (nSPS) is 15.6. The van der Waals surface area contributed by atoms with Gasteiger partial charge >= 0.3 is 0 Å². The number of hydrogen-bond acceptors (Lipinski definition) is 6. The Bertz CT molecular complexity index is 927. The quantitative estimate of drug-likeness (QED) is 0.725. The Kier molecular flexibility index (Phi) is 6.04. The number of aryl methyl sites for hydroxylation is 3. The molecule has 28 heavy (non-hydrogen) atoms. The number of benzene rings is 1. The van der Waals surface area contributed by atoms with Crippen LogP contribution in [0.15, 0.2) is 33.7 Å². The Morgan fingerprint density at radius 3 is 2.54 bits per heavy atom. The number of ether oxygens (including phenoxy) is 1. The van der Waals surface area contributed by atoms with E-state index in [1.807, 2.05) is 24.3 Å². The number of rotatable bonds is 6. The van der Waals surface area contributed by atoms with Crippen LogP contribution in [0.25, 0.3) is 0 Å². The van der Waals surface area contributed by atoms with Crippen LogP contribution in [0.3, 0.4) is 0 Å². The minimum Gasteiger partial charge on any atom is -0.484 e. The van der Waals surface area contributed by atoms with Crippen molar-refractivity contribution in [2.45, 2.75) is 32.1 Å². The number of carbonyl (C=O) groups excluding carboxylic acids is 1. The molecule has 0 aliphatic carbocycles. The number of aromatic nitrogens is 1. The molecule has 1 aliphatic rings. The van der Waals surface area contributed by atoms with Crippen molar-refractivity contribution in [1.29, 1.82) is 0 Å². The molecule has 1 aliphatic heterocycles. The van der Waals surface area contributed by atoms with Crippen molar-refractivity contribution in [3.8, 4) is 5.75 Å². The first kappa shape index (κ1) is 20.3. The van der Waals surface area contributed by atoms with E-state index in [1.165, 1.54) is 4.31 Å². The van der Waals surface area contributed by atoms with Gasteiger partial charge in [0.1, 0.15) is 16.3 Å². The van der Waals surface area contributed by atoms with Crippen molar-refractivity contribution in [2.75, 3.05) is 32.8 Å². The first-order valence-corrected chi connectivity index (χ1v) is 10.7. The molecular weight excluding hydrogens is 382 g/mol. The molecule has 0 radical (unpaired) electrons. The lowest BCUT2D eigenvalue weighted by molar-refractivity contribution is -0.134. The molecule has 152 valence electrons. The van der Waals surface area contributed by atoms with Crippen molar-refractivity contribution >= 4 is 15.9 Å². The van der Waals surface area contributed by atoms with Crippen LogP contribution in [-0.4, -0.2) is 61.5 Å².